The molecule has 0 bridgehead atoms. The van der Waals surface area contributed by atoms with Gasteiger partial charge in [-0.05, 0) is 61.5 Å². The number of hydrogen-bond donors (Lipinski definition) is 4. The lowest BCUT2D eigenvalue weighted by atomic mass is 9.85. The van der Waals surface area contributed by atoms with Crippen molar-refractivity contribution in [1.82, 2.24) is 15.5 Å². The number of nitrogens with one attached hydrogen (secondary N) is 2. The van der Waals surface area contributed by atoms with Gasteiger partial charge in [-0.1, -0.05) is 53.9 Å². The maximum Gasteiger partial charge on any atom is 0.316 e. The molecule has 0 radical (unpaired) electrons. The molecule has 240 valence electrons. The number of amides is 4. The zero-order valence-electron chi connectivity index (χ0n) is 26.1. The monoisotopic (exact) mass is 603 g/mol. The third-order valence-corrected chi connectivity index (χ3v) is 7.97. The molecular weight excluding hydrogens is 554 g/mol. The van der Waals surface area contributed by atoms with E-state index in [9.17, 15) is 28.8 Å². The van der Waals surface area contributed by atoms with Crippen LogP contribution in [0.15, 0.2) is 24.2 Å². The lowest BCUT2D eigenvalue weighted by molar-refractivity contribution is -0.138. The van der Waals surface area contributed by atoms with Gasteiger partial charge < -0.3 is 36.5 Å². The van der Waals surface area contributed by atoms with Crippen LogP contribution in [0.5, 0.6) is 0 Å². The van der Waals surface area contributed by atoms with Crippen molar-refractivity contribution < 1.29 is 33.5 Å². The summed E-state index contributed by atoms with van der Waals surface area (Å²) < 4.78 is 5.45. The van der Waals surface area contributed by atoms with E-state index in [4.69, 9.17) is 16.2 Å². The number of urea groups is 1. The third-order valence-electron chi connectivity index (χ3n) is 7.97. The van der Waals surface area contributed by atoms with Gasteiger partial charge in [0, 0.05) is 6.54 Å². The summed E-state index contributed by atoms with van der Waals surface area (Å²) in [6, 6.07) is -3.35. The maximum atomic E-state index is 13.2. The van der Waals surface area contributed by atoms with Crippen LogP contribution in [0.3, 0.4) is 0 Å². The Morgan fingerprint density at radius 1 is 1.12 bits per heavy atom. The number of rotatable bonds is 12. The van der Waals surface area contributed by atoms with Gasteiger partial charge in [0.1, 0.15) is 12.3 Å². The van der Waals surface area contributed by atoms with Crippen LogP contribution < -0.4 is 22.1 Å². The summed E-state index contributed by atoms with van der Waals surface area (Å²) in [6.07, 6.45) is 12.3. The molecule has 1 aliphatic carbocycles. The first-order valence-electron chi connectivity index (χ1n) is 15.2. The van der Waals surface area contributed by atoms with Crippen LogP contribution in [0.1, 0.15) is 86.0 Å². The fraction of sp³-hybridized carbons (Fsp3) is 0.677. The molecule has 5 unspecified atom stereocenters. The van der Waals surface area contributed by atoms with Crippen LogP contribution in [-0.2, 0) is 28.7 Å². The van der Waals surface area contributed by atoms with Crippen molar-refractivity contribution in [3.63, 3.8) is 0 Å². The van der Waals surface area contributed by atoms with Crippen LogP contribution in [0.2, 0.25) is 0 Å². The molecule has 0 aromatic carbocycles. The van der Waals surface area contributed by atoms with Gasteiger partial charge in [-0.15, -0.1) is 0 Å². The van der Waals surface area contributed by atoms with Crippen molar-refractivity contribution in [2.45, 2.75) is 110 Å². The molecule has 12 heteroatoms. The van der Waals surface area contributed by atoms with Crippen molar-refractivity contribution in [2.24, 2.45) is 28.7 Å². The Morgan fingerprint density at radius 3 is 2.35 bits per heavy atom. The Bertz CT molecular complexity index is 1090. The van der Waals surface area contributed by atoms with Gasteiger partial charge in [-0.2, -0.15) is 0 Å². The summed E-state index contributed by atoms with van der Waals surface area (Å²) in [5.41, 5.74) is 9.59. The van der Waals surface area contributed by atoms with Gasteiger partial charge in [-0.3, -0.25) is 19.2 Å². The number of carbonyl (C=O) groups excluding carboxylic acids is 6. The highest BCUT2D eigenvalue weighted by molar-refractivity contribution is 6.37. The van der Waals surface area contributed by atoms with Gasteiger partial charge in [-0.25, -0.2) is 4.79 Å². The zero-order chi connectivity index (χ0) is 32.3. The first-order chi connectivity index (χ1) is 20.2. The third kappa shape index (κ3) is 10.9. The van der Waals surface area contributed by atoms with Crippen molar-refractivity contribution in [3.8, 4) is 0 Å². The van der Waals surface area contributed by atoms with Crippen molar-refractivity contribution in [1.29, 1.82) is 0 Å². The average Bonchev–Trinajstić information content (AvgIpc) is 3.71. The predicted molar refractivity (Wildman–Crippen MR) is 161 cm³/mol. The number of nitrogens with two attached hydrogens (primary N) is 2. The molecule has 6 N–H and O–H groups in total. The molecule has 3 rings (SSSR count). The lowest BCUT2D eigenvalue weighted by Crippen LogP contribution is -2.59. The second-order valence-corrected chi connectivity index (χ2v) is 12.7. The fourth-order valence-corrected chi connectivity index (χ4v) is 4.90. The summed E-state index contributed by atoms with van der Waals surface area (Å²) in [5.74, 6) is -1.50. The summed E-state index contributed by atoms with van der Waals surface area (Å²) in [6.45, 7) is 9.90. The van der Waals surface area contributed by atoms with E-state index in [-0.39, 0.29) is 23.4 Å². The van der Waals surface area contributed by atoms with Gasteiger partial charge in [0.05, 0.1) is 24.4 Å². The van der Waals surface area contributed by atoms with E-state index < -0.39 is 47.3 Å². The van der Waals surface area contributed by atoms with E-state index in [0.717, 1.165) is 32.0 Å². The number of likely N-dealkylation sites (tertiary alicyclic amines) is 1. The molecule has 1 saturated heterocycles. The topological polar surface area (TPSA) is 191 Å². The standard InChI is InChI=1S/C24H37N3O5.C7H12N2O2/c1-6-16(2)19(20(29)18-12-8-7-9-14-32-18)25-23(31)26-21(24(3,4)5)22(30)27-13-10-11-17(27)15-28;8-5(3-4-1-2-4)6(10)7(9)11/h9,12,14-17,19,21H,6-8,10-11,13H2,1-5H3,(H2,25,26,31);4-5H,1-3,8H2,(H2,9,11). The lowest BCUT2D eigenvalue weighted by Gasteiger charge is -2.35. The minimum atomic E-state index is -0.918. The first kappa shape index (κ1) is 35.7. The number of nitrogens with zero attached hydrogens (tertiary/aromatic N) is 1. The predicted octanol–water partition coefficient (Wildman–Crippen LogP) is 2.25. The number of allylic oxidation sites excluding steroid dienone is 2. The molecule has 0 spiro atoms. The number of ketones is 2. The highest BCUT2D eigenvalue weighted by Crippen LogP contribution is 2.33. The van der Waals surface area contributed by atoms with Gasteiger partial charge >= 0.3 is 6.03 Å². The number of hydrogen-bond acceptors (Lipinski definition) is 8. The molecule has 5 atom stereocenters. The Hall–Kier alpha value is -3.54. The van der Waals surface area contributed by atoms with Gasteiger partial charge in [0.15, 0.2) is 5.76 Å². The first-order valence-corrected chi connectivity index (χ1v) is 15.2. The van der Waals surface area contributed by atoms with Gasteiger partial charge in [0.25, 0.3) is 5.91 Å². The summed E-state index contributed by atoms with van der Waals surface area (Å²) in [7, 11) is 0. The van der Waals surface area contributed by atoms with E-state index in [2.05, 4.69) is 10.6 Å². The molecular formula is C31H49N5O7. The van der Waals surface area contributed by atoms with Crippen LogP contribution in [0, 0.1) is 17.3 Å². The fourth-order valence-electron chi connectivity index (χ4n) is 4.90. The molecule has 12 nitrogen and oxygen atoms in total. The number of aldehydes is 1. The Morgan fingerprint density at radius 2 is 1.79 bits per heavy atom. The highest BCUT2D eigenvalue weighted by atomic mass is 16.5. The summed E-state index contributed by atoms with van der Waals surface area (Å²) in [5, 5.41) is 5.55. The second kappa shape index (κ2) is 16.3. The molecule has 3 aliphatic rings. The second-order valence-electron chi connectivity index (χ2n) is 12.7. The molecule has 43 heavy (non-hydrogen) atoms. The van der Waals surface area contributed by atoms with E-state index in [0.29, 0.717) is 38.1 Å². The summed E-state index contributed by atoms with van der Waals surface area (Å²) in [4.78, 5) is 73.3. The molecule has 0 aromatic heterocycles. The van der Waals surface area contributed by atoms with Crippen molar-refractivity contribution in [2.75, 3.05) is 6.54 Å². The van der Waals surface area contributed by atoms with E-state index >= 15 is 0 Å². The molecule has 2 aliphatic heterocycles. The smallest absolute Gasteiger partial charge is 0.316 e. The number of primary amides is 1. The zero-order valence-corrected chi connectivity index (χ0v) is 26.1. The van der Waals surface area contributed by atoms with E-state index in [1.165, 1.54) is 11.2 Å². The molecule has 2 fully saturated rings. The molecule has 4 amide bonds. The number of ether oxygens (including phenoxy) is 1. The molecule has 0 aromatic rings. The summed E-state index contributed by atoms with van der Waals surface area (Å²) >= 11 is 0. The Kier molecular flexibility index (Phi) is 13.6. The molecule has 2 heterocycles. The van der Waals surface area contributed by atoms with Crippen LogP contribution in [0.4, 0.5) is 4.79 Å². The van der Waals surface area contributed by atoms with Crippen LogP contribution in [-0.4, -0.2) is 71.3 Å². The van der Waals surface area contributed by atoms with Crippen LogP contribution in [0.25, 0.3) is 0 Å². The van der Waals surface area contributed by atoms with Crippen LogP contribution >= 0.6 is 0 Å². The number of carbonyl (C=O) groups is 6. The minimum absolute atomic E-state index is 0.133. The average molecular weight is 604 g/mol. The quantitative estimate of drug-likeness (QED) is 0.193. The number of Topliss-reactive ketones (excluding diaryl/α,β-unsaturated/α-hetero) is 2. The highest BCUT2D eigenvalue weighted by Gasteiger charge is 2.40. The van der Waals surface area contributed by atoms with E-state index in [1.54, 1.807) is 6.08 Å². The Balaban J connectivity index is 0.000000490. The molecule has 1 saturated carbocycles. The SMILES string of the molecule is CCC(C)C(NC(=O)NC(C(=O)N1CCCC1C=O)C(C)(C)C)C(=O)C1=CCCC=CO1.NC(=O)C(=O)C(N)CC1CC1. The maximum absolute atomic E-state index is 13.2. The van der Waals surface area contributed by atoms with Gasteiger partial charge in [0.2, 0.25) is 17.5 Å². The van der Waals surface area contributed by atoms with Crippen molar-refractivity contribution >= 4 is 35.7 Å². The van der Waals surface area contributed by atoms with Crippen molar-refractivity contribution in [3.05, 3.63) is 24.2 Å². The minimum Gasteiger partial charge on any atom is -0.462 e. The van der Waals surface area contributed by atoms with E-state index in [1.807, 2.05) is 40.7 Å². The largest absolute Gasteiger partial charge is 0.462 e. The Labute approximate surface area is 254 Å². The normalized spacial score (nSPS) is 20.9.